The third-order valence-corrected chi connectivity index (χ3v) is 7.72. The summed E-state index contributed by atoms with van der Waals surface area (Å²) in [4.78, 5) is 22.6. The highest BCUT2D eigenvalue weighted by Gasteiger charge is 2.22. The van der Waals surface area contributed by atoms with Crippen molar-refractivity contribution in [2.45, 2.75) is 20.0 Å². The van der Waals surface area contributed by atoms with E-state index in [0.29, 0.717) is 11.2 Å². The van der Waals surface area contributed by atoms with Crippen LogP contribution < -0.4 is 4.90 Å². The number of pyridine rings is 1. The van der Waals surface area contributed by atoms with Crippen molar-refractivity contribution in [2.24, 2.45) is 0 Å². The summed E-state index contributed by atoms with van der Waals surface area (Å²) in [6, 6.07) is 26.1. The molecule has 218 valence electrons. The topological polar surface area (TPSA) is 86.1 Å². The fourth-order valence-electron chi connectivity index (χ4n) is 5.49. The summed E-state index contributed by atoms with van der Waals surface area (Å²) in [6.07, 6.45) is 0. The number of amides is 1. The Labute approximate surface area is 249 Å². The van der Waals surface area contributed by atoms with Crippen LogP contribution in [0.2, 0.25) is 0 Å². The third-order valence-electron chi connectivity index (χ3n) is 7.72. The summed E-state index contributed by atoms with van der Waals surface area (Å²) in [5, 5.41) is 21.2. The molecule has 5 aromatic rings. The van der Waals surface area contributed by atoms with Gasteiger partial charge in [-0.25, -0.2) is 9.37 Å². The average Bonchev–Trinajstić information content (AvgIpc) is 3.00. The van der Waals surface area contributed by atoms with Gasteiger partial charge in [0.05, 0.1) is 36.5 Å². The number of benzene rings is 4. The zero-order chi connectivity index (χ0) is 29.9. The molecule has 0 radical (unpaired) electrons. The highest BCUT2D eigenvalue weighted by Crippen LogP contribution is 2.31. The minimum atomic E-state index is -0.403. The second-order valence-corrected chi connectivity index (χ2v) is 10.8. The quantitative estimate of drug-likeness (QED) is 0.232. The number of aromatic hydroxyl groups is 2. The molecule has 2 heterocycles. The molecule has 43 heavy (non-hydrogen) atoms. The lowest BCUT2D eigenvalue weighted by Gasteiger charge is -2.27. The number of halogens is 1. The molecule has 6 rings (SSSR count). The van der Waals surface area contributed by atoms with Gasteiger partial charge in [-0.1, -0.05) is 36.4 Å². The average molecular weight is 578 g/mol. The summed E-state index contributed by atoms with van der Waals surface area (Å²) >= 11 is 0. The molecule has 2 N–H and O–H groups in total. The Morgan fingerprint density at radius 3 is 2.47 bits per heavy atom. The Morgan fingerprint density at radius 1 is 0.930 bits per heavy atom. The minimum absolute atomic E-state index is 0.0837. The number of anilines is 1. The molecule has 1 saturated heterocycles. The zero-order valence-corrected chi connectivity index (χ0v) is 23.8. The molecule has 0 bridgehead atoms. The SMILES string of the molecule is Cc1cc2ccc(F)cc2nc1-c1ccc(N(Cc2cccc(CN3CCOCC3)c2)C(=O)c2ccc(O)cc2O)cc1. The van der Waals surface area contributed by atoms with Crippen molar-refractivity contribution in [3.63, 3.8) is 0 Å². The third kappa shape index (κ3) is 6.35. The van der Waals surface area contributed by atoms with Crippen LogP contribution in [0.5, 0.6) is 11.5 Å². The van der Waals surface area contributed by atoms with E-state index in [-0.39, 0.29) is 29.4 Å². The number of ether oxygens (including phenoxy) is 1. The predicted octanol–water partition coefficient (Wildman–Crippen LogP) is 6.44. The first kappa shape index (κ1) is 28.3. The van der Waals surface area contributed by atoms with Crippen LogP contribution in [0.25, 0.3) is 22.2 Å². The van der Waals surface area contributed by atoms with E-state index in [2.05, 4.69) is 17.0 Å². The number of morpholine rings is 1. The van der Waals surface area contributed by atoms with Gasteiger partial charge >= 0.3 is 0 Å². The molecule has 1 aromatic heterocycles. The summed E-state index contributed by atoms with van der Waals surface area (Å²) in [5.74, 6) is -1.17. The largest absolute Gasteiger partial charge is 0.508 e. The number of carbonyl (C=O) groups is 1. The minimum Gasteiger partial charge on any atom is -0.508 e. The van der Waals surface area contributed by atoms with Crippen LogP contribution in [0, 0.1) is 12.7 Å². The molecule has 1 aliphatic heterocycles. The van der Waals surface area contributed by atoms with Crippen LogP contribution in [-0.2, 0) is 17.8 Å². The maximum atomic E-state index is 13.9. The van der Waals surface area contributed by atoms with Gasteiger partial charge in [-0.3, -0.25) is 9.69 Å². The lowest BCUT2D eigenvalue weighted by Crippen LogP contribution is -2.35. The summed E-state index contributed by atoms with van der Waals surface area (Å²) in [6.45, 7) is 6.22. The maximum Gasteiger partial charge on any atom is 0.262 e. The number of aryl methyl sites for hydroxylation is 1. The number of hydrogen-bond donors (Lipinski definition) is 2. The van der Waals surface area contributed by atoms with Crippen LogP contribution >= 0.6 is 0 Å². The zero-order valence-electron chi connectivity index (χ0n) is 23.8. The fraction of sp³-hybridized carbons (Fsp3) is 0.200. The van der Waals surface area contributed by atoms with Crippen LogP contribution in [0.15, 0.2) is 91.0 Å². The Bertz CT molecular complexity index is 1790. The molecule has 8 heteroatoms. The molecule has 0 unspecified atom stereocenters. The number of phenolic OH excluding ortho intramolecular Hbond substituents is 2. The number of fused-ring (bicyclic) bond motifs is 1. The Kier molecular flexibility index (Phi) is 8.05. The molecule has 1 amide bonds. The molecule has 7 nitrogen and oxygen atoms in total. The highest BCUT2D eigenvalue weighted by atomic mass is 19.1. The van der Waals surface area contributed by atoms with Crippen LogP contribution in [0.1, 0.15) is 27.0 Å². The normalized spacial score (nSPS) is 13.7. The van der Waals surface area contributed by atoms with E-state index in [0.717, 1.165) is 72.2 Å². The number of phenols is 2. The van der Waals surface area contributed by atoms with Gasteiger partial charge in [0.2, 0.25) is 0 Å². The Morgan fingerprint density at radius 2 is 1.70 bits per heavy atom. The summed E-state index contributed by atoms with van der Waals surface area (Å²) < 4.78 is 19.4. The van der Waals surface area contributed by atoms with Gasteiger partial charge in [-0.05, 0) is 66.1 Å². The maximum absolute atomic E-state index is 13.9. The summed E-state index contributed by atoms with van der Waals surface area (Å²) in [7, 11) is 0. The van der Waals surface area contributed by atoms with E-state index in [4.69, 9.17) is 9.72 Å². The number of rotatable bonds is 7. The van der Waals surface area contributed by atoms with Crippen molar-refractivity contribution < 1.29 is 24.1 Å². The molecule has 0 atom stereocenters. The van der Waals surface area contributed by atoms with Crippen molar-refractivity contribution >= 4 is 22.5 Å². The fourth-order valence-corrected chi connectivity index (χ4v) is 5.49. The van der Waals surface area contributed by atoms with Gasteiger partial charge in [0.25, 0.3) is 5.91 Å². The van der Waals surface area contributed by atoms with Crippen molar-refractivity contribution in [3.05, 3.63) is 119 Å². The standard InChI is InChI=1S/C35H32FN3O4/c1-23-17-27-5-8-28(36)19-32(27)37-34(23)26-6-9-29(10-7-26)39(35(42)31-12-11-30(40)20-33(31)41)22-25-4-2-3-24(18-25)21-38-13-15-43-16-14-38/h2-12,17-20,40-41H,13-16,21-22H2,1H3. The molecule has 1 aliphatic rings. The Balaban J connectivity index is 1.33. The van der Waals surface area contributed by atoms with E-state index in [1.807, 2.05) is 49.4 Å². The van der Waals surface area contributed by atoms with Gasteiger partial charge in [0.15, 0.2) is 0 Å². The molecule has 0 saturated carbocycles. The molecule has 4 aromatic carbocycles. The summed E-state index contributed by atoms with van der Waals surface area (Å²) in [5.41, 5.74) is 5.88. The molecule has 0 aliphatic carbocycles. The van der Waals surface area contributed by atoms with Gasteiger partial charge in [-0.2, -0.15) is 0 Å². The number of aromatic nitrogens is 1. The van der Waals surface area contributed by atoms with Crippen LogP contribution in [0.4, 0.5) is 10.1 Å². The first-order chi connectivity index (χ1) is 20.8. The number of hydrogen-bond acceptors (Lipinski definition) is 6. The predicted molar refractivity (Wildman–Crippen MR) is 165 cm³/mol. The smallest absolute Gasteiger partial charge is 0.262 e. The van der Waals surface area contributed by atoms with Crippen molar-refractivity contribution in [1.82, 2.24) is 9.88 Å². The first-order valence-electron chi connectivity index (χ1n) is 14.2. The molecular weight excluding hydrogens is 545 g/mol. The van der Waals surface area contributed by atoms with Crippen LogP contribution in [0.3, 0.4) is 0 Å². The van der Waals surface area contributed by atoms with E-state index in [9.17, 15) is 19.4 Å². The van der Waals surface area contributed by atoms with Gasteiger partial charge in [0.1, 0.15) is 17.3 Å². The van der Waals surface area contributed by atoms with Crippen molar-refractivity contribution in [1.29, 1.82) is 0 Å². The number of nitrogens with zero attached hydrogens (tertiary/aromatic N) is 3. The van der Waals surface area contributed by atoms with E-state index in [1.54, 1.807) is 11.0 Å². The van der Waals surface area contributed by atoms with E-state index in [1.165, 1.54) is 24.3 Å². The van der Waals surface area contributed by atoms with Crippen LogP contribution in [-0.4, -0.2) is 52.3 Å². The van der Waals surface area contributed by atoms with Gasteiger partial charge in [-0.15, -0.1) is 0 Å². The van der Waals surface area contributed by atoms with E-state index >= 15 is 0 Å². The first-order valence-corrected chi connectivity index (χ1v) is 14.2. The van der Waals surface area contributed by atoms with E-state index < -0.39 is 5.91 Å². The number of carbonyl (C=O) groups excluding carboxylic acids is 1. The van der Waals surface area contributed by atoms with Gasteiger partial charge < -0.3 is 19.8 Å². The second-order valence-electron chi connectivity index (χ2n) is 10.8. The van der Waals surface area contributed by atoms with Crippen molar-refractivity contribution in [2.75, 3.05) is 31.2 Å². The molecule has 0 spiro atoms. The lowest BCUT2D eigenvalue weighted by molar-refractivity contribution is 0.0342. The molecule has 1 fully saturated rings. The second kappa shape index (κ2) is 12.2. The van der Waals surface area contributed by atoms with Gasteiger partial charge in [0, 0.05) is 48.4 Å². The Hall–Kier alpha value is -4.79. The van der Waals surface area contributed by atoms with Crippen molar-refractivity contribution in [3.8, 4) is 22.8 Å². The molecular formula is C35H32FN3O4. The monoisotopic (exact) mass is 577 g/mol. The lowest BCUT2D eigenvalue weighted by atomic mass is 10.0. The highest BCUT2D eigenvalue weighted by molar-refractivity contribution is 6.08.